The summed E-state index contributed by atoms with van der Waals surface area (Å²) in [7, 11) is 1.18. The summed E-state index contributed by atoms with van der Waals surface area (Å²) >= 11 is 5.68. The number of hydrogen-bond acceptors (Lipinski definition) is 5. The lowest BCUT2D eigenvalue weighted by Crippen LogP contribution is -2.43. The molecule has 11 heteroatoms. The average Bonchev–Trinajstić information content (AvgIpc) is 3.73. The summed E-state index contributed by atoms with van der Waals surface area (Å²) in [6.45, 7) is 1.22. The zero-order valence-electron chi connectivity index (χ0n) is 20.6. The second-order valence-electron chi connectivity index (χ2n) is 9.84. The van der Waals surface area contributed by atoms with Gasteiger partial charge in [0.2, 0.25) is 0 Å². The molecule has 2 aromatic carbocycles. The van der Waals surface area contributed by atoms with E-state index >= 15 is 0 Å². The Hall–Kier alpha value is -2.90. The van der Waals surface area contributed by atoms with E-state index < -0.39 is 39.8 Å². The topological polar surface area (TPSA) is 62.6 Å². The van der Waals surface area contributed by atoms with E-state index in [0.29, 0.717) is 49.9 Å². The highest BCUT2D eigenvalue weighted by Crippen LogP contribution is 2.46. The second-order valence-corrected chi connectivity index (χ2v) is 10.2. The number of benzene rings is 2. The van der Waals surface area contributed by atoms with Crippen molar-refractivity contribution in [3.63, 3.8) is 0 Å². The van der Waals surface area contributed by atoms with E-state index in [0.717, 1.165) is 25.0 Å². The molecular weight excluding hydrogens is 531 g/mol. The Morgan fingerprint density at radius 1 is 1.18 bits per heavy atom. The van der Waals surface area contributed by atoms with Gasteiger partial charge in [-0.05, 0) is 80.4 Å². The molecule has 1 aliphatic heterocycles. The van der Waals surface area contributed by atoms with Crippen LogP contribution in [0.1, 0.15) is 58.6 Å². The van der Waals surface area contributed by atoms with Crippen molar-refractivity contribution in [2.45, 2.75) is 44.2 Å². The van der Waals surface area contributed by atoms with Crippen molar-refractivity contribution in [3.05, 3.63) is 63.2 Å². The van der Waals surface area contributed by atoms with Crippen LogP contribution in [0.5, 0.6) is 5.75 Å². The Bertz CT molecular complexity index is 1250. The Labute approximate surface area is 222 Å². The predicted molar refractivity (Wildman–Crippen MR) is 129 cm³/mol. The van der Waals surface area contributed by atoms with Crippen molar-refractivity contribution in [1.29, 1.82) is 5.26 Å². The molecule has 2 fully saturated rings. The molecule has 38 heavy (non-hydrogen) atoms. The highest BCUT2D eigenvalue weighted by Gasteiger charge is 2.37. The maximum atomic E-state index is 14.6. The Balaban J connectivity index is 1.39. The van der Waals surface area contributed by atoms with Gasteiger partial charge in [0.25, 0.3) is 0 Å². The molecule has 0 radical (unpaired) electrons. The van der Waals surface area contributed by atoms with E-state index in [2.05, 4.69) is 10.8 Å². The van der Waals surface area contributed by atoms with Crippen molar-refractivity contribution in [2.24, 2.45) is 5.41 Å². The monoisotopic (exact) mass is 556 g/mol. The fourth-order valence-electron chi connectivity index (χ4n) is 4.66. The summed E-state index contributed by atoms with van der Waals surface area (Å²) in [5.74, 6) is -1.96. The third-order valence-corrected chi connectivity index (χ3v) is 7.48. The number of ether oxygens (including phenoxy) is 2. The van der Waals surface area contributed by atoms with Crippen LogP contribution in [0.2, 0.25) is 5.02 Å². The standard InChI is InChI=1S/C27H26ClF5N2O3/c1-37-25(36)20-12-19(16-2-3-16)23(13-22(20)29)38-15-26(14-34)5-8-35(9-6-26)7-4-17-10-18(27(31,32)33)11-21(28)24(17)30/h10-13,16H,2-9,15H2,1H3. The average molecular weight is 557 g/mol. The molecule has 1 aliphatic carbocycles. The molecule has 0 atom stereocenters. The first-order valence-electron chi connectivity index (χ1n) is 12.2. The number of alkyl halides is 3. The molecule has 4 rings (SSSR count). The smallest absolute Gasteiger partial charge is 0.416 e. The van der Waals surface area contributed by atoms with Crippen LogP contribution in [0.4, 0.5) is 22.0 Å². The first kappa shape index (κ1) is 28.1. The zero-order chi connectivity index (χ0) is 27.7. The van der Waals surface area contributed by atoms with Gasteiger partial charge >= 0.3 is 12.1 Å². The highest BCUT2D eigenvalue weighted by atomic mass is 35.5. The minimum Gasteiger partial charge on any atom is -0.492 e. The fourth-order valence-corrected chi connectivity index (χ4v) is 4.89. The number of esters is 1. The molecule has 1 saturated carbocycles. The molecular formula is C27H26ClF5N2O3. The Kier molecular flexibility index (Phi) is 8.19. The number of nitrogens with zero attached hydrogens (tertiary/aromatic N) is 2. The summed E-state index contributed by atoms with van der Waals surface area (Å²) in [6, 6.07) is 6.29. The van der Waals surface area contributed by atoms with Crippen LogP contribution in [0, 0.1) is 28.4 Å². The molecule has 1 saturated heterocycles. The van der Waals surface area contributed by atoms with Gasteiger partial charge in [0, 0.05) is 12.6 Å². The fraction of sp³-hybridized carbons (Fsp3) is 0.481. The van der Waals surface area contributed by atoms with Gasteiger partial charge in [-0.3, -0.25) is 0 Å². The lowest BCUT2D eigenvalue weighted by atomic mass is 9.80. The molecule has 0 spiro atoms. The first-order valence-corrected chi connectivity index (χ1v) is 12.6. The lowest BCUT2D eigenvalue weighted by molar-refractivity contribution is -0.137. The predicted octanol–water partition coefficient (Wildman–Crippen LogP) is 6.53. The minimum absolute atomic E-state index is 0.0198. The molecule has 2 aliphatic rings. The molecule has 1 heterocycles. The number of carbonyl (C=O) groups excluding carboxylic acids is 1. The largest absolute Gasteiger partial charge is 0.492 e. The van der Waals surface area contributed by atoms with Crippen molar-refractivity contribution >= 4 is 17.6 Å². The minimum atomic E-state index is -4.63. The van der Waals surface area contributed by atoms with Crippen LogP contribution in [0.15, 0.2) is 24.3 Å². The van der Waals surface area contributed by atoms with Crippen LogP contribution in [0.25, 0.3) is 0 Å². The van der Waals surface area contributed by atoms with E-state index in [1.807, 2.05) is 4.90 Å². The maximum Gasteiger partial charge on any atom is 0.416 e. The molecule has 2 aromatic rings. The number of nitriles is 1. The Morgan fingerprint density at radius 2 is 1.87 bits per heavy atom. The number of methoxy groups -OCH3 is 1. The summed E-state index contributed by atoms with van der Waals surface area (Å²) < 4.78 is 78.8. The van der Waals surface area contributed by atoms with Crippen LogP contribution in [-0.2, 0) is 17.3 Å². The third-order valence-electron chi connectivity index (χ3n) is 7.20. The van der Waals surface area contributed by atoms with Gasteiger partial charge in [-0.15, -0.1) is 0 Å². The van der Waals surface area contributed by atoms with Gasteiger partial charge in [0.05, 0.1) is 34.7 Å². The molecule has 0 N–H and O–H groups in total. The molecule has 204 valence electrons. The summed E-state index contributed by atoms with van der Waals surface area (Å²) in [4.78, 5) is 13.8. The zero-order valence-corrected chi connectivity index (χ0v) is 21.4. The second kappa shape index (κ2) is 11.1. The van der Waals surface area contributed by atoms with Gasteiger partial charge in [-0.1, -0.05) is 11.6 Å². The third kappa shape index (κ3) is 6.21. The van der Waals surface area contributed by atoms with Crippen molar-refractivity contribution in [3.8, 4) is 11.8 Å². The van der Waals surface area contributed by atoms with Crippen molar-refractivity contribution in [1.82, 2.24) is 4.90 Å². The first-order chi connectivity index (χ1) is 18.0. The van der Waals surface area contributed by atoms with Crippen molar-refractivity contribution in [2.75, 3.05) is 33.4 Å². The number of halogens is 6. The number of rotatable bonds is 8. The quantitative estimate of drug-likeness (QED) is 0.273. The van der Waals surface area contributed by atoms with Crippen LogP contribution < -0.4 is 4.74 Å². The van der Waals surface area contributed by atoms with Gasteiger partial charge in [0.15, 0.2) is 0 Å². The number of likely N-dealkylation sites (tertiary alicyclic amines) is 1. The van der Waals surface area contributed by atoms with Gasteiger partial charge in [-0.25, -0.2) is 13.6 Å². The molecule has 0 amide bonds. The van der Waals surface area contributed by atoms with Gasteiger partial charge in [-0.2, -0.15) is 18.4 Å². The molecule has 0 aromatic heterocycles. The normalized spacial score (nSPS) is 17.6. The number of piperidine rings is 1. The van der Waals surface area contributed by atoms with Gasteiger partial charge in [0.1, 0.15) is 24.0 Å². The molecule has 0 bridgehead atoms. The summed E-state index contributed by atoms with van der Waals surface area (Å²) in [5.41, 5.74) is -1.42. The van der Waals surface area contributed by atoms with E-state index in [4.69, 9.17) is 16.3 Å². The molecule has 0 unspecified atom stereocenters. The Morgan fingerprint density at radius 3 is 2.45 bits per heavy atom. The lowest BCUT2D eigenvalue weighted by Gasteiger charge is -2.37. The number of hydrogen-bond donors (Lipinski definition) is 0. The maximum absolute atomic E-state index is 14.6. The van der Waals surface area contributed by atoms with E-state index in [1.165, 1.54) is 13.2 Å². The van der Waals surface area contributed by atoms with Gasteiger partial charge < -0.3 is 14.4 Å². The van der Waals surface area contributed by atoms with Crippen LogP contribution in [0.3, 0.4) is 0 Å². The van der Waals surface area contributed by atoms with E-state index in [9.17, 15) is 32.0 Å². The van der Waals surface area contributed by atoms with Crippen molar-refractivity contribution < 1.29 is 36.2 Å². The number of carbonyl (C=O) groups is 1. The summed E-state index contributed by atoms with van der Waals surface area (Å²) in [6.07, 6.45) is -2.00. The van der Waals surface area contributed by atoms with E-state index in [1.54, 1.807) is 0 Å². The van der Waals surface area contributed by atoms with Crippen LogP contribution in [-0.4, -0.2) is 44.2 Å². The van der Waals surface area contributed by atoms with Crippen LogP contribution >= 0.6 is 11.6 Å². The highest BCUT2D eigenvalue weighted by molar-refractivity contribution is 6.30. The van der Waals surface area contributed by atoms with E-state index in [-0.39, 0.29) is 30.1 Å². The summed E-state index contributed by atoms with van der Waals surface area (Å²) in [5, 5.41) is 9.35. The SMILES string of the molecule is COC(=O)c1cc(C2CC2)c(OCC2(C#N)CCN(CCc3cc(C(F)(F)F)cc(Cl)c3F)CC2)cc1F. The molecule has 5 nitrogen and oxygen atoms in total.